The standard InChI is InChI=1S/C13H13N3O3S2/c1-9-2-4-10(5-3-9)12-13(20-16-15-12)21(17,18)8-11-14-6-7-19-11/h2-5H,6-8H2,1H3. The van der Waals surface area contributed by atoms with Gasteiger partial charge in [0.15, 0.2) is 19.9 Å². The lowest BCUT2D eigenvalue weighted by atomic mass is 10.1. The number of hydrogen-bond donors (Lipinski definition) is 0. The minimum Gasteiger partial charge on any atom is -0.478 e. The van der Waals surface area contributed by atoms with Crippen LogP contribution in [0.25, 0.3) is 11.3 Å². The van der Waals surface area contributed by atoms with E-state index in [1.165, 1.54) is 0 Å². The molecule has 0 saturated carbocycles. The first-order valence-corrected chi connectivity index (χ1v) is 8.77. The van der Waals surface area contributed by atoms with E-state index in [9.17, 15) is 8.42 Å². The number of benzene rings is 1. The Morgan fingerprint density at radius 3 is 2.71 bits per heavy atom. The molecule has 6 nitrogen and oxygen atoms in total. The fraction of sp³-hybridized carbons (Fsp3) is 0.308. The van der Waals surface area contributed by atoms with Crippen molar-refractivity contribution in [3.63, 3.8) is 0 Å². The fourth-order valence-electron chi connectivity index (χ4n) is 1.97. The molecule has 2 aromatic rings. The Bertz CT molecular complexity index is 779. The van der Waals surface area contributed by atoms with Gasteiger partial charge in [-0.05, 0) is 6.92 Å². The highest BCUT2D eigenvalue weighted by Gasteiger charge is 2.27. The summed E-state index contributed by atoms with van der Waals surface area (Å²) >= 11 is 0.879. The lowest BCUT2D eigenvalue weighted by molar-refractivity contribution is 0.345. The molecule has 1 aromatic heterocycles. The first-order valence-electron chi connectivity index (χ1n) is 6.34. The molecule has 1 aliphatic rings. The van der Waals surface area contributed by atoms with E-state index in [2.05, 4.69) is 14.6 Å². The van der Waals surface area contributed by atoms with Gasteiger partial charge in [-0.3, -0.25) is 4.99 Å². The van der Waals surface area contributed by atoms with Crippen LogP contribution in [0.4, 0.5) is 0 Å². The molecule has 8 heteroatoms. The van der Waals surface area contributed by atoms with Crippen LogP contribution in [0.2, 0.25) is 0 Å². The molecule has 0 amide bonds. The van der Waals surface area contributed by atoms with Crippen molar-refractivity contribution < 1.29 is 13.2 Å². The summed E-state index contributed by atoms with van der Waals surface area (Å²) in [4.78, 5) is 4.02. The van der Waals surface area contributed by atoms with Crippen LogP contribution >= 0.6 is 11.5 Å². The molecule has 0 bridgehead atoms. The van der Waals surface area contributed by atoms with E-state index in [0.29, 0.717) is 18.8 Å². The van der Waals surface area contributed by atoms with Crippen LogP contribution in [0.3, 0.4) is 0 Å². The van der Waals surface area contributed by atoms with Crippen molar-refractivity contribution >= 4 is 27.3 Å². The summed E-state index contributed by atoms with van der Waals surface area (Å²) in [6, 6.07) is 7.51. The normalized spacial score (nSPS) is 14.8. The molecule has 0 aliphatic carbocycles. The molecule has 0 radical (unpaired) electrons. The van der Waals surface area contributed by atoms with Gasteiger partial charge in [-0.1, -0.05) is 34.3 Å². The van der Waals surface area contributed by atoms with E-state index >= 15 is 0 Å². The van der Waals surface area contributed by atoms with Gasteiger partial charge in [-0.25, -0.2) is 8.42 Å². The molecular weight excluding hydrogens is 310 g/mol. The highest BCUT2D eigenvalue weighted by atomic mass is 32.2. The van der Waals surface area contributed by atoms with Gasteiger partial charge in [-0.15, -0.1) is 5.10 Å². The molecule has 0 fully saturated rings. The van der Waals surface area contributed by atoms with Crippen LogP contribution in [0.15, 0.2) is 33.5 Å². The third kappa shape index (κ3) is 2.96. The van der Waals surface area contributed by atoms with Crippen molar-refractivity contribution in [2.45, 2.75) is 11.1 Å². The van der Waals surface area contributed by atoms with Gasteiger partial charge in [0.25, 0.3) is 0 Å². The van der Waals surface area contributed by atoms with Crippen LogP contribution < -0.4 is 0 Å². The van der Waals surface area contributed by atoms with E-state index < -0.39 is 9.84 Å². The number of nitrogens with zero attached hydrogens (tertiary/aromatic N) is 3. The van der Waals surface area contributed by atoms with Gasteiger partial charge >= 0.3 is 0 Å². The second-order valence-corrected chi connectivity index (χ2v) is 7.60. The quantitative estimate of drug-likeness (QED) is 0.855. The number of sulfone groups is 1. The molecule has 110 valence electrons. The van der Waals surface area contributed by atoms with Gasteiger partial charge in [-0.2, -0.15) is 0 Å². The SMILES string of the molecule is Cc1ccc(-c2nnsc2S(=O)(=O)CC2=NCCO2)cc1. The first-order chi connectivity index (χ1) is 10.1. The van der Waals surface area contributed by atoms with Gasteiger partial charge in [0.1, 0.15) is 18.1 Å². The Hall–Kier alpha value is -1.80. The summed E-state index contributed by atoms with van der Waals surface area (Å²) in [5.74, 6) is 0.0219. The predicted molar refractivity (Wildman–Crippen MR) is 80.4 cm³/mol. The Balaban J connectivity index is 1.96. The molecule has 1 aliphatic heterocycles. The Kier molecular flexibility index (Phi) is 3.73. The smallest absolute Gasteiger partial charge is 0.200 e. The second kappa shape index (κ2) is 5.53. The van der Waals surface area contributed by atoms with Crippen molar-refractivity contribution in [2.75, 3.05) is 18.9 Å². The van der Waals surface area contributed by atoms with Gasteiger partial charge in [0.05, 0.1) is 6.54 Å². The number of hydrogen-bond acceptors (Lipinski definition) is 7. The molecule has 0 saturated heterocycles. The zero-order valence-corrected chi connectivity index (χ0v) is 12.9. The number of aryl methyl sites for hydroxylation is 1. The van der Waals surface area contributed by atoms with Crippen LogP contribution in [0.1, 0.15) is 5.56 Å². The highest BCUT2D eigenvalue weighted by molar-refractivity contribution is 7.94. The Morgan fingerprint density at radius 1 is 1.29 bits per heavy atom. The lowest BCUT2D eigenvalue weighted by Gasteiger charge is -2.04. The van der Waals surface area contributed by atoms with E-state index in [1.807, 2.05) is 31.2 Å². The van der Waals surface area contributed by atoms with Gasteiger partial charge in [0.2, 0.25) is 0 Å². The average molecular weight is 323 g/mol. The van der Waals surface area contributed by atoms with Crippen LogP contribution in [0.5, 0.6) is 0 Å². The largest absolute Gasteiger partial charge is 0.478 e. The molecule has 2 heterocycles. The topological polar surface area (TPSA) is 81.5 Å². The minimum absolute atomic E-state index is 0.157. The Labute approximate surface area is 126 Å². The predicted octanol–water partition coefficient (Wildman–Crippen LogP) is 1.72. The van der Waals surface area contributed by atoms with E-state index in [0.717, 1.165) is 22.7 Å². The lowest BCUT2D eigenvalue weighted by Crippen LogP contribution is -2.16. The van der Waals surface area contributed by atoms with Crippen LogP contribution in [0, 0.1) is 6.92 Å². The Morgan fingerprint density at radius 2 is 2.05 bits per heavy atom. The number of aromatic nitrogens is 2. The zero-order valence-electron chi connectivity index (χ0n) is 11.3. The first kappa shape index (κ1) is 14.2. The van der Waals surface area contributed by atoms with Crippen molar-refractivity contribution in [3.05, 3.63) is 29.8 Å². The number of ether oxygens (including phenoxy) is 1. The molecule has 0 N–H and O–H groups in total. The zero-order chi connectivity index (χ0) is 14.9. The molecule has 21 heavy (non-hydrogen) atoms. The molecular formula is C13H13N3O3S2. The van der Waals surface area contributed by atoms with E-state index in [-0.39, 0.29) is 15.9 Å². The summed E-state index contributed by atoms with van der Waals surface area (Å²) in [6.07, 6.45) is 0. The van der Waals surface area contributed by atoms with Crippen LogP contribution in [-0.4, -0.2) is 42.8 Å². The molecule has 0 unspecified atom stereocenters. The average Bonchev–Trinajstić information content (AvgIpc) is 3.10. The summed E-state index contributed by atoms with van der Waals surface area (Å²) < 4.78 is 34.1. The fourth-order valence-corrected chi connectivity index (χ4v) is 4.23. The van der Waals surface area contributed by atoms with Crippen molar-refractivity contribution in [2.24, 2.45) is 4.99 Å². The summed E-state index contributed by atoms with van der Waals surface area (Å²) in [5.41, 5.74) is 2.22. The summed E-state index contributed by atoms with van der Waals surface area (Å²) in [7, 11) is -3.55. The van der Waals surface area contributed by atoms with Gasteiger partial charge in [0, 0.05) is 17.1 Å². The third-order valence-corrected chi connectivity index (χ3v) is 5.92. The maximum atomic E-state index is 12.5. The van der Waals surface area contributed by atoms with E-state index in [1.54, 1.807) is 0 Å². The van der Waals surface area contributed by atoms with Crippen molar-refractivity contribution in [1.82, 2.24) is 9.59 Å². The van der Waals surface area contributed by atoms with Crippen molar-refractivity contribution in [3.8, 4) is 11.3 Å². The minimum atomic E-state index is -3.55. The van der Waals surface area contributed by atoms with Crippen molar-refractivity contribution in [1.29, 1.82) is 0 Å². The molecule has 0 atom stereocenters. The number of rotatable bonds is 4. The molecule has 3 rings (SSSR count). The third-order valence-electron chi connectivity index (χ3n) is 3.03. The highest BCUT2D eigenvalue weighted by Crippen LogP contribution is 2.29. The maximum absolute atomic E-state index is 12.5. The molecule has 0 spiro atoms. The summed E-state index contributed by atoms with van der Waals surface area (Å²) in [5, 5.41) is 3.97. The second-order valence-electron chi connectivity index (χ2n) is 4.66. The maximum Gasteiger partial charge on any atom is 0.200 e. The van der Waals surface area contributed by atoms with Crippen LogP contribution in [-0.2, 0) is 14.6 Å². The molecule has 1 aromatic carbocycles. The van der Waals surface area contributed by atoms with E-state index in [4.69, 9.17) is 4.74 Å². The van der Waals surface area contributed by atoms with Gasteiger partial charge < -0.3 is 4.74 Å². The summed E-state index contributed by atoms with van der Waals surface area (Å²) in [6.45, 7) is 2.92. The number of aliphatic imine (C=N–C) groups is 1. The monoisotopic (exact) mass is 323 g/mol.